The molecule has 2 aromatic rings. The number of ketones is 1. The van der Waals surface area contributed by atoms with Crippen molar-refractivity contribution < 1.29 is 14.3 Å². The first-order valence-electron chi connectivity index (χ1n) is 8.26. The fraction of sp³-hybridized carbons (Fsp3) is 0.300. The highest BCUT2D eigenvalue weighted by molar-refractivity contribution is 5.97. The van der Waals surface area contributed by atoms with E-state index in [-0.39, 0.29) is 30.6 Å². The van der Waals surface area contributed by atoms with Crippen LogP contribution >= 0.6 is 0 Å². The van der Waals surface area contributed by atoms with Crippen LogP contribution in [-0.4, -0.2) is 36.3 Å². The highest BCUT2D eigenvalue weighted by atomic mass is 16.5. The maximum Gasteiger partial charge on any atom is 0.223 e. The van der Waals surface area contributed by atoms with Crippen LogP contribution in [0.15, 0.2) is 60.7 Å². The molecule has 1 unspecified atom stereocenters. The van der Waals surface area contributed by atoms with Gasteiger partial charge in [-0.1, -0.05) is 60.7 Å². The van der Waals surface area contributed by atoms with Crippen LogP contribution < -0.4 is 0 Å². The lowest BCUT2D eigenvalue weighted by Crippen LogP contribution is -2.42. The Bertz CT molecular complexity index is 685. The lowest BCUT2D eigenvalue weighted by molar-refractivity contribution is -0.139. The van der Waals surface area contributed by atoms with Gasteiger partial charge in [0.25, 0.3) is 0 Å². The molecule has 2 aromatic carbocycles. The van der Waals surface area contributed by atoms with E-state index < -0.39 is 0 Å². The number of hydrogen-bond acceptors (Lipinski definition) is 3. The zero-order valence-electron chi connectivity index (χ0n) is 13.6. The van der Waals surface area contributed by atoms with Gasteiger partial charge in [0, 0.05) is 24.9 Å². The molecule has 0 N–H and O–H groups in total. The van der Waals surface area contributed by atoms with Crippen LogP contribution in [0.3, 0.4) is 0 Å². The van der Waals surface area contributed by atoms with Crippen LogP contribution in [0.2, 0.25) is 0 Å². The second-order valence-corrected chi connectivity index (χ2v) is 5.90. The van der Waals surface area contributed by atoms with Gasteiger partial charge in [-0.15, -0.1) is 0 Å². The van der Waals surface area contributed by atoms with Crippen molar-refractivity contribution in [2.45, 2.75) is 18.9 Å². The molecule has 0 bridgehead atoms. The number of rotatable bonds is 5. The van der Waals surface area contributed by atoms with Gasteiger partial charge in [0.15, 0.2) is 5.78 Å². The molecular formula is C20H21NO3. The predicted octanol–water partition coefficient (Wildman–Crippen LogP) is 3.25. The summed E-state index contributed by atoms with van der Waals surface area (Å²) >= 11 is 0. The molecule has 0 radical (unpaired) electrons. The summed E-state index contributed by atoms with van der Waals surface area (Å²) in [6, 6.07) is 19.0. The van der Waals surface area contributed by atoms with Gasteiger partial charge in [0.1, 0.15) is 6.10 Å². The van der Waals surface area contributed by atoms with Gasteiger partial charge in [-0.2, -0.15) is 0 Å². The lowest BCUT2D eigenvalue weighted by atomic mass is 10.1. The second kappa shape index (κ2) is 7.88. The summed E-state index contributed by atoms with van der Waals surface area (Å²) in [6.07, 6.45) is 0.402. The first-order valence-corrected chi connectivity index (χ1v) is 8.26. The summed E-state index contributed by atoms with van der Waals surface area (Å²) in [4.78, 5) is 26.4. The molecule has 1 heterocycles. The molecular weight excluding hydrogens is 302 g/mol. The highest BCUT2D eigenvalue weighted by Crippen LogP contribution is 2.22. The molecule has 0 aliphatic carbocycles. The van der Waals surface area contributed by atoms with Crippen molar-refractivity contribution in [1.29, 1.82) is 0 Å². The Morgan fingerprint density at radius 2 is 1.62 bits per heavy atom. The van der Waals surface area contributed by atoms with Crippen molar-refractivity contribution in [2.24, 2.45) is 0 Å². The number of hydrogen-bond donors (Lipinski definition) is 0. The summed E-state index contributed by atoms with van der Waals surface area (Å²) < 4.78 is 5.78. The molecule has 1 aliphatic rings. The van der Waals surface area contributed by atoms with E-state index >= 15 is 0 Å². The van der Waals surface area contributed by atoms with Crippen molar-refractivity contribution in [3.05, 3.63) is 71.8 Å². The van der Waals surface area contributed by atoms with Gasteiger partial charge in [-0.25, -0.2) is 0 Å². The first-order chi connectivity index (χ1) is 11.7. The average Bonchev–Trinajstić information content (AvgIpc) is 2.67. The van der Waals surface area contributed by atoms with Crippen molar-refractivity contribution in [2.75, 3.05) is 19.7 Å². The lowest BCUT2D eigenvalue weighted by Gasteiger charge is -2.33. The zero-order chi connectivity index (χ0) is 16.8. The fourth-order valence-electron chi connectivity index (χ4n) is 2.89. The number of amides is 1. The average molecular weight is 323 g/mol. The van der Waals surface area contributed by atoms with Crippen LogP contribution in [0.1, 0.15) is 34.9 Å². The van der Waals surface area contributed by atoms with Crippen LogP contribution in [0, 0.1) is 0 Å². The van der Waals surface area contributed by atoms with Crippen molar-refractivity contribution in [3.8, 4) is 0 Å². The Hall–Kier alpha value is -2.46. The molecule has 124 valence electrons. The summed E-state index contributed by atoms with van der Waals surface area (Å²) in [5.74, 6) is 0.0281. The van der Waals surface area contributed by atoms with Crippen LogP contribution in [0.4, 0.5) is 0 Å². The topological polar surface area (TPSA) is 46.6 Å². The third-order valence-corrected chi connectivity index (χ3v) is 4.25. The third-order valence-electron chi connectivity index (χ3n) is 4.25. The molecule has 24 heavy (non-hydrogen) atoms. The molecule has 4 nitrogen and oxygen atoms in total. The summed E-state index contributed by atoms with van der Waals surface area (Å²) in [6.45, 7) is 1.65. The number of Topliss-reactive ketones (excluding diaryl/α,β-unsaturated/α-hetero) is 1. The van der Waals surface area contributed by atoms with E-state index in [9.17, 15) is 9.59 Å². The van der Waals surface area contributed by atoms with Crippen LogP contribution in [-0.2, 0) is 9.53 Å². The quantitative estimate of drug-likeness (QED) is 0.794. The Balaban J connectivity index is 1.54. The van der Waals surface area contributed by atoms with Crippen molar-refractivity contribution in [3.63, 3.8) is 0 Å². The summed E-state index contributed by atoms with van der Waals surface area (Å²) in [7, 11) is 0. The van der Waals surface area contributed by atoms with Crippen molar-refractivity contribution in [1.82, 2.24) is 4.90 Å². The number of carbonyl (C=O) groups is 2. The maximum atomic E-state index is 12.4. The predicted molar refractivity (Wildman–Crippen MR) is 91.7 cm³/mol. The SMILES string of the molecule is O=C(CCC(=O)N1CCOC(c2ccccc2)C1)c1ccccc1. The number of morpholine rings is 1. The fourth-order valence-corrected chi connectivity index (χ4v) is 2.89. The number of carbonyl (C=O) groups excluding carboxylic acids is 2. The highest BCUT2D eigenvalue weighted by Gasteiger charge is 2.25. The monoisotopic (exact) mass is 323 g/mol. The van der Waals surface area contributed by atoms with E-state index in [0.29, 0.717) is 25.3 Å². The minimum atomic E-state index is -0.0891. The van der Waals surface area contributed by atoms with Gasteiger partial charge in [0.05, 0.1) is 13.2 Å². The third kappa shape index (κ3) is 4.09. The van der Waals surface area contributed by atoms with E-state index in [1.165, 1.54) is 0 Å². The number of nitrogens with zero attached hydrogens (tertiary/aromatic N) is 1. The van der Waals surface area contributed by atoms with Gasteiger partial charge in [-0.05, 0) is 5.56 Å². The number of benzene rings is 2. The molecule has 3 rings (SSSR count). The molecule has 1 amide bonds. The zero-order valence-corrected chi connectivity index (χ0v) is 13.6. The first kappa shape index (κ1) is 16.4. The summed E-state index contributed by atoms with van der Waals surface area (Å²) in [5, 5.41) is 0. The van der Waals surface area contributed by atoms with E-state index in [0.717, 1.165) is 5.56 Å². The largest absolute Gasteiger partial charge is 0.370 e. The van der Waals surface area contributed by atoms with Gasteiger partial charge >= 0.3 is 0 Å². The Morgan fingerprint density at radius 3 is 2.33 bits per heavy atom. The van der Waals surface area contributed by atoms with E-state index in [1.54, 1.807) is 17.0 Å². The molecule has 0 aromatic heterocycles. The minimum Gasteiger partial charge on any atom is -0.370 e. The Labute approximate surface area is 142 Å². The molecule has 1 atom stereocenters. The molecule has 1 aliphatic heterocycles. The Morgan fingerprint density at radius 1 is 0.958 bits per heavy atom. The van der Waals surface area contributed by atoms with Gasteiger partial charge in [-0.3, -0.25) is 9.59 Å². The maximum absolute atomic E-state index is 12.4. The van der Waals surface area contributed by atoms with Crippen LogP contribution in [0.25, 0.3) is 0 Å². The van der Waals surface area contributed by atoms with E-state index in [2.05, 4.69) is 0 Å². The van der Waals surface area contributed by atoms with E-state index in [1.807, 2.05) is 48.5 Å². The smallest absolute Gasteiger partial charge is 0.223 e. The van der Waals surface area contributed by atoms with Crippen LogP contribution in [0.5, 0.6) is 0 Å². The Kier molecular flexibility index (Phi) is 5.39. The van der Waals surface area contributed by atoms with E-state index in [4.69, 9.17) is 4.74 Å². The standard InChI is InChI=1S/C20H21NO3/c22-18(16-7-3-1-4-8-16)11-12-20(23)21-13-14-24-19(15-21)17-9-5-2-6-10-17/h1-10,19H,11-15H2. The van der Waals surface area contributed by atoms with Gasteiger partial charge < -0.3 is 9.64 Å². The summed E-state index contributed by atoms with van der Waals surface area (Å²) in [5.41, 5.74) is 1.74. The molecule has 1 fully saturated rings. The number of ether oxygens (including phenoxy) is 1. The minimum absolute atomic E-state index is 0.0109. The molecule has 4 heteroatoms. The normalized spacial score (nSPS) is 17.5. The molecule has 1 saturated heterocycles. The molecule has 0 saturated carbocycles. The second-order valence-electron chi connectivity index (χ2n) is 5.90. The molecule has 0 spiro atoms. The van der Waals surface area contributed by atoms with Gasteiger partial charge in [0.2, 0.25) is 5.91 Å². The van der Waals surface area contributed by atoms with Crippen molar-refractivity contribution >= 4 is 11.7 Å².